The Kier molecular flexibility index (Phi) is 20.7. The highest BCUT2D eigenvalue weighted by Gasteiger charge is 2.26. The fraction of sp³-hybridized carbons (Fsp3) is 0.639. The van der Waals surface area contributed by atoms with Crippen LogP contribution < -0.4 is 26.4 Å². The Morgan fingerprint density at radius 1 is 0.854 bits per heavy atom. The molecule has 3 aromatic heterocycles. The molecule has 0 aliphatic carbocycles. The summed E-state index contributed by atoms with van der Waals surface area (Å²) in [6.45, 7) is 6.17. The molecular formula is C36H55ClN4O7. The molecule has 3 heterocycles. The van der Waals surface area contributed by atoms with Gasteiger partial charge in [-0.1, -0.05) is 96.5 Å². The van der Waals surface area contributed by atoms with Gasteiger partial charge in [-0.25, -0.2) is 14.3 Å². The number of ether oxygens (including phenoxy) is 3. The molecule has 0 aromatic carbocycles. The first-order valence-electron chi connectivity index (χ1n) is 17.6. The van der Waals surface area contributed by atoms with E-state index in [4.69, 9.17) is 23.3 Å². The van der Waals surface area contributed by atoms with Crippen LogP contribution in [0.2, 0.25) is 0 Å². The molecule has 0 fully saturated rings. The standard InChI is InChI=1S/C36H55N4O7.ClH/c1-4-6-7-8-9-10-11-12-13-14-15-16-17-18-22-32-26-35(38-47-32)43-28-33(46-34-23-25-45-37-34)29-44-36(42)40(30(3)41)27-31-21-19-20-24-39(31)5-2;/h19-21,23-26,33H,4-18,22,27-29H2,1-3H3;1H/q+1;/p-1. The number of hydrogen-bond donors (Lipinski definition) is 0. The molecule has 0 spiro atoms. The van der Waals surface area contributed by atoms with Crippen LogP contribution in [-0.2, 0) is 29.0 Å². The van der Waals surface area contributed by atoms with Crippen molar-refractivity contribution in [2.24, 2.45) is 0 Å². The monoisotopic (exact) mass is 690 g/mol. The number of aromatic nitrogens is 3. The summed E-state index contributed by atoms with van der Waals surface area (Å²) in [6, 6.07) is 8.94. The van der Waals surface area contributed by atoms with Gasteiger partial charge in [0.15, 0.2) is 12.3 Å². The molecule has 0 radical (unpaired) electrons. The second-order valence-electron chi connectivity index (χ2n) is 12.0. The molecule has 12 heteroatoms. The molecule has 268 valence electrons. The molecule has 11 nitrogen and oxygen atoms in total. The van der Waals surface area contributed by atoms with Crippen LogP contribution in [0.15, 0.2) is 51.8 Å². The third-order valence-corrected chi connectivity index (χ3v) is 8.12. The highest BCUT2D eigenvalue weighted by Crippen LogP contribution is 2.18. The number of unbranched alkanes of at least 4 members (excludes halogenated alkanes) is 13. The van der Waals surface area contributed by atoms with Gasteiger partial charge in [-0.05, 0) is 23.7 Å². The Labute approximate surface area is 292 Å². The van der Waals surface area contributed by atoms with Crippen LogP contribution in [0.3, 0.4) is 0 Å². The van der Waals surface area contributed by atoms with Crippen molar-refractivity contribution >= 4 is 12.0 Å². The van der Waals surface area contributed by atoms with Gasteiger partial charge in [0, 0.05) is 37.6 Å². The van der Waals surface area contributed by atoms with Crippen LogP contribution in [0.25, 0.3) is 0 Å². The van der Waals surface area contributed by atoms with Crippen molar-refractivity contribution in [3.63, 3.8) is 0 Å². The Morgan fingerprint density at radius 3 is 2.12 bits per heavy atom. The summed E-state index contributed by atoms with van der Waals surface area (Å²) in [6.07, 6.45) is 21.0. The van der Waals surface area contributed by atoms with Crippen LogP contribution in [-0.4, -0.2) is 46.5 Å². The summed E-state index contributed by atoms with van der Waals surface area (Å²) in [5, 5.41) is 7.80. The minimum atomic E-state index is -0.783. The molecule has 0 aliphatic heterocycles. The molecule has 2 amide bonds. The summed E-state index contributed by atoms with van der Waals surface area (Å²) in [4.78, 5) is 26.4. The van der Waals surface area contributed by atoms with Gasteiger partial charge in [-0.2, -0.15) is 0 Å². The molecule has 3 aromatic rings. The third-order valence-electron chi connectivity index (χ3n) is 8.12. The summed E-state index contributed by atoms with van der Waals surface area (Å²) >= 11 is 0. The molecule has 3 rings (SSSR count). The van der Waals surface area contributed by atoms with E-state index < -0.39 is 18.1 Å². The highest BCUT2D eigenvalue weighted by molar-refractivity contribution is 5.90. The second kappa shape index (κ2) is 24.5. The molecule has 0 N–H and O–H groups in total. The van der Waals surface area contributed by atoms with Crippen LogP contribution in [0.1, 0.15) is 122 Å². The van der Waals surface area contributed by atoms with E-state index in [9.17, 15) is 9.59 Å². The predicted octanol–water partition coefficient (Wildman–Crippen LogP) is 5.01. The Balaban J connectivity index is 0.00000800. The lowest BCUT2D eigenvalue weighted by Gasteiger charge is -2.21. The van der Waals surface area contributed by atoms with Crippen molar-refractivity contribution in [1.82, 2.24) is 15.2 Å². The van der Waals surface area contributed by atoms with E-state index in [1.165, 1.54) is 90.2 Å². The predicted molar refractivity (Wildman–Crippen MR) is 177 cm³/mol. The van der Waals surface area contributed by atoms with Gasteiger partial charge in [0.1, 0.15) is 38.3 Å². The van der Waals surface area contributed by atoms with Gasteiger partial charge >= 0.3 is 6.09 Å². The number of hydrogen-bond acceptors (Lipinski definition) is 9. The number of pyridine rings is 1. The van der Waals surface area contributed by atoms with Crippen molar-refractivity contribution in [2.45, 2.75) is 136 Å². The fourth-order valence-electron chi connectivity index (χ4n) is 5.37. The van der Waals surface area contributed by atoms with Gasteiger partial charge < -0.3 is 35.7 Å². The zero-order valence-corrected chi connectivity index (χ0v) is 29.8. The maximum absolute atomic E-state index is 13.0. The average Bonchev–Trinajstić information content (AvgIpc) is 3.77. The number of halogens is 1. The maximum atomic E-state index is 13.0. The normalized spacial score (nSPS) is 11.5. The molecular weight excluding hydrogens is 636 g/mol. The van der Waals surface area contributed by atoms with Crippen LogP contribution >= 0.6 is 0 Å². The Bertz CT molecular complexity index is 1270. The molecule has 48 heavy (non-hydrogen) atoms. The fourth-order valence-corrected chi connectivity index (χ4v) is 5.37. The lowest BCUT2D eigenvalue weighted by Crippen LogP contribution is -3.00. The van der Waals surface area contributed by atoms with E-state index in [1.807, 2.05) is 35.9 Å². The smallest absolute Gasteiger partial charge is 0.417 e. The molecule has 0 aliphatic rings. The lowest BCUT2D eigenvalue weighted by atomic mass is 10.0. The first kappa shape index (κ1) is 40.6. The van der Waals surface area contributed by atoms with E-state index >= 15 is 0 Å². The molecule has 0 saturated carbocycles. The van der Waals surface area contributed by atoms with Crippen LogP contribution in [0.4, 0.5) is 4.79 Å². The number of aryl methyl sites for hydroxylation is 2. The number of nitrogens with zero attached hydrogens (tertiary/aromatic N) is 4. The third kappa shape index (κ3) is 16.0. The van der Waals surface area contributed by atoms with E-state index in [2.05, 4.69) is 17.2 Å². The highest BCUT2D eigenvalue weighted by atomic mass is 35.5. The quantitative estimate of drug-likeness (QED) is 0.0893. The van der Waals surface area contributed by atoms with Gasteiger partial charge in [-0.15, -0.1) is 0 Å². The van der Waals surface area contributed by atoms with Gasteiger partial charge in [-0.3, -0.25) is 4.79 Å². The number of rotatable bonds is 25. The molecule has 0 bridgehead atoms. The minimum absolute atomic E-state index is 0. The van der Waals surface area contributed by atoms with Crippen molar-refractivity contribution in [2.75, 3.05) is 13.2 Å². The number of carbonyl (C=O) groups excluding carboxylic acids is 2. The molecule has 0 saturated heterocycles. The lowest BCUT2D eigenvalue weighted by molar-refractivity contribution is -0.701. The Hall–Kier alpha value is -3.60. The molecule has 1 atom stereocenters. The van der Waals surface area contributed by atoms with Gasteiger partial charge in [0.05, 0.1) is 0 Å². The number of imide groups is 1. The summed E-state index contributed by atoms with van der Waals surface area (Å²) in [5.41, 5.74) is 0.803. The maximum Gasteiger partial charge on any atom is 0.417 e. The van der Waals surface area contributed by atoms with Crippen LogP contribution in [0, 0.1) is 0 Å². The van der Waals surface area contributed by atoms with E-state index in [-0.39, 0.29) is 38.0 Å². The van der Waals surface area contributed by atoms with E-state index in [0.717, 1.165) is 35.6 Å². The first-order valence-corrected chi connectivity index (χ1v) is 17.6. The van der Waals surface area contributed by atoms with E-state index in [1.54, 1.807) is 12.1 Å². The van der Waals surface area contributed by atoms with Crippen molar-refractivity contribution < 1.29 is 49.8 Å². The van der Waals surface area contributed by atoms with Crippen molar-refractivity contribution in [3.8, 4) is 11.8 Å². The number of amides is 2. The minimum Gasteiger partial charge on any atom is -1.00 e. The summed E-state index contributed by atoms with van der Waals surface area (Å²) in [7, 11) is 0. The zero-order valence-electron chi connectivity index (χ0n) is 29.1. The first-order chi connectivity index (χ1) is 23.0. The Morgan fingerprint density at radius 2 is 1.52 bits per heavy atom. The number of carbonyl (C=O) groups is 2. The largest absolute Gasteiger partial charge is 1.00 e. The summed E-state index contributed by atoms with van der Waals surface area (Å²) in [5.74, 6) is 0.872. The zero-order chi connectivity index (χ0) is 33.5. The topological polar surface area (TPSA) is 121 Å². The van der Waals surface area contributed by atoms with Crippen molar-refractivity contribution in [1.29, 1.82) is 0 Å². The van der Waals surface area contributed by atoms with Crippen LogP contribution in [0.5, 0.6) is 11.8 Å². The average molecular weight is 691 g/mol. The van der Waals surface area contributed by atoms with Gasteiger partial charge in [0.25, 0.3) is 11.8 Å². The van der Waals surface area contributed by atoms with E-state index in [0.29, 0.717) is 12.4 Å². The van der Waals surface area contributed by atoms with Gasteiger partial charge in [0.2, 0.25) is 11.6 Å². The SMILES string of the molecule is CCCCCCCCCCCCCCCCc1cc(OCC(COC(=O)N(Cc2cccc[n+]2CC)C(C)=O)Oc2ccon2)no1.[Cl-]. The second-order valence-corrected chi connectivity index (χ2v) is 12.0. The molecule has 1 unspecified atom stereocenters. The van der Waals surface area contributed by atoms with Crippen molar-refractivity contribution in [3.05, 3.63) is 54.2 Å². The summed E-state index contributed by atoms with van der Waals surface area (Å²) < 4.78 is 29.4.